The van der Waals surface area contributed by atoms with Crippen molar-refractivity contribution in [2.75, 3.05) is 0 Å². The maximum atomic E-state index is 15.0. The van der Waals surface area contributed by atoms with E-state index in [9.17, 15) is 9.59 Å². The number of hydrogen-bond acceptors (Lipinski definition) is 6. The van der Waals surface area contributed by atoms with Gasteiger partial charge >= 0.3 is 17.9 Å². The Bertz CT molecular complexity index is 1700. The molecule has 6 rings (SSSR count). The Balaban J connectivity index is 1.33. The quantitative estimate of drug-likeness (QED) is 0.122. The molecule has 0 spiro atoms. The Morgan fingerprint density at radius 1 is 0.472 bits per heavy atom. The predicted molar refractivity (Wildman–Crippen MR) is 208 cm³/mol. The minimum atomic E-state index is -1.22. The first kappa shape index (κ1) is 38.8. The van der Waals surface area contributed by atoms with E-state index in [0.717, 1.165) is 93.7 Å². The van der Waals surface area contributed by atoms with Crippen LogP contribution in [-0.4, -0.2) is 17.9 Å². The number of rotatable bonds is 14. The highest BCUT2D eigenvalue weighted by molar-refractivity contribution is 5.83. The van der Waals surface area contributed by atoms with Crippen LogP contribution in [0.15, 0.2) is 91.0 Å². The Kier molecular flexibility index (Phi) is 11.3. The van der Waals surface area contributed by atoms with Gasteiger partial charge in [0, 0.05) is 0 Å². The average molecular weight is 721 g/mol. The van der Waals surface area contributed by atoms with Crippen molar-refractivity contribution in [1.29, 1.82) is 0 Å². The summed E-state index contributed by atoms with van der Waals surface area (Å²) >= 11 is 0. The maximum Gasteiger partial charge on any atom is 0.312 e. The van der Waals surface area contributed by atoms with E-state index in [2.05, 4.69) is 12.1 Å². The molecular formula is C47H60O6. The highest BCUT2D eigenvalue weighted by atomic mass is 16.6. The van der Waals surface area contributed by atoms with Crippen LogP contribution in [0.25, 0.3) is 0 Å². The molecule has 3 aromatic carbocycles. The molecule has 2 unspecified atom stereocenters. The van der Waals surface area contributed by atoms with E-state index in [1.165, 1.54) is 0 Å². The molecule has 3 fully saturated rings. The first-order valence-corrected chi connectivity index (χ1v) is 20.2. The molecule has 6 heteroatoms. The van der Waals surface area contributed by atoms with Gasteiger partial charge in [0.2, 0.25) is 0 Å². The summed E-state index contributed by atoms with van der Waals surface area (Å²) in [5.41, 5.74) is -2.44. The molecule has 3 aliphatic rings. The van der Waals surface area contributed by atoms with Crippen LogP contribution in [-0.2, 0) is 45.4 Å². The molecule has 3 aromatic rings. The zero-order valence-corrected chi connectivity index (χ0v) is 32.7. The van der Waals surface area contributed by atoms with Gasteiger partial charge in [0.15, 0.2) is 0 Å². The SMILES string of the molecule is CCC(C)(CC(C)(CC(C)(C)C(=O)OC1(c2ccccc2)CCCC1)C(=O)OC1(c2ccccc2)CCCC1)C(=O)OC1(c2ccccc2)CCCC1. The molecule has 0 aromatic heterocycles. The number of ether oxygens (including phenoxy) is 3. The summed E-state index contributed by atoms with van der Waals surface area (Å²) in [7, 11) is 0. The monoisotopic (exact) mass is 720 g/mol. The summed E-state index contributed by atoms with van der Waals surface area (Å²) in [5.74, 6) is -1.03. The van der Waals surface area contributed by atoms with Crippen LogP contribution in [0.1, 0.15) is 148 Å². The van der Waals surface area contributed by atoms with Gasteiger partial charge < -0.3 is 14.2 Å². The van der Waals surface area contributed by atoms with Crippen LogP contribution in [0.3, 0.4) is 0 Å². The van der Waals surface area contributed by atoms with Crippen LogP contribution in [0.5, 0.6) is 0 Å². The van der Waals surface area contributed by atoms with E-state index in [1.54, 1.807) is 0 Å². The lowest BCUT2D eigenvalue weighted by molar-refractivity contribution is -0.186. The number of carbonyl (C=O) groups excluding carboxylic acids is 3. The Hall–Kier alpha value is -3.93. The maximum absolute atomic E-state index is 15.0. The largest absolute Gasteiger partial charge is 0.454 e. The summed E-state index contributed by atoms with van der Waals surface area (Å²) in [6, 6.07) is 30.2. The van der Waals surface area contributed by atoms with Crippen LogP contribution in [0.2, 0.25) is 0 Å². The number of benzene rings is 3. The average Bonchev–Trinajstić information content (AvgIpc) is 3.96. The molecule has 53 heavy (non-hydrogen) atoms. The third-order valence-electron chi connectivity index (χ3n) is 12.9. The van der Waals surface area contributed by atoms with Crippen molar-refractivity contribution in [2.24, 2.45) is 16.2 Å². The number of hydrogen-bond donors (Lipinski definition) is 0. The fourth-order valence-corrected chi connectivity index (χ4v) is 9.79. The molecule has 6 nitrogen and oxygen atoms in total. The van der Waals surface area contributed by atoms with E-state index in [4.69, 9.17) is 14.2 Å². The highest BCUT2D eigenvalue weighted by Gasteiger charge is 2.54. The Morgan fingerprint density at radius 2 is 0.774 bits per heavy atom. The van der Waals surface area contributed by atoms with E-state index >= 15 is 4.79 Å². The fraction of sp³-hybridized carbons (Fsp3) is 0.553. The topological polar surface area (TPSA) is 78.9 Å². The zero-order chi connectivity index (χ0) is 37.8. The van der Waals surface area contributed by atoms with Crippen molar-refractivity contribution in [1.82, 2.24) is 0 Å². The van der Waals surface area contributed by atoms with Crippen molar-refractivity contribution in [3.05, 3.63) is 108 Å². The van der Waals surface area contributed by atoms with E-state index in [1.807, 2.05) is 113 Å². The molecular weight excluding hydrogens is 661 g/mol. The molecule has 3 saturated carbocycles. The second kappa shape index (κ2) is 15.4. The lowest BCUT2D eigenvalue weighted by atomic mass is 9.65. The van der Waals surface area contributed by atoms with Crippen molar-refractivity contribution in [3.8, 4) is 0 Å². The number of carbonyl (C=O) groups is 3. The predicted octanol–water partition coefficient (Wildman–Crippen LogP) is 11.3. The van der Waals surface area contributed by atoms with Gasteiger partial charge in [-0.05, 0) is 141 Å². The summed E-state index contributed by atoms with van der Waals surface area (Å²) in [4.78, 5) is 44.1. The van der Waals surface area contributed by atoms with Crippen molar-refractivity contribution in [2.45, 2.75) is 148 Å². The zero-order valence-electron chi connectivity index (χ0n) is 32.7. The van der Waals surface area contributed by atoms with E-state index in [0.29, 0.717) is 6.42 Å². The van der Waals surface area contributed by atoms with Gasteiger partial charge in [0.1, 0.15) is 16.8 Å². The molecule has 0 amide bonds. The minimum absolute atomic E-state index is 0.153. The second-order valence-electron chi connectivity index (χ2n) is 17.6. The minimum Gasteiger partial charge on any atom is -0.454 e. The van der Waals surface area contributed by atoms with Gasteiger partial charge in [-0.25, -0.2) is 0 Å². The fourth-order valence-electron chi connectivity index (χ4n) is 9.79. The molecule has 0 aliphatic heterocycles. The summed E-state index contributed by atoms with van der Waals surface area (Å²) in [5, 5.41) is 0. The van der Waals surface area contributed by atoms with Gasteiger partial charge in [-0.1, -0.05) is 97.9 Å². The van der Waals surface area contributed by atoms with Crippen LogP contribution >= 0.6 is 0 Å². The van der Waals surface area contributed by atoms with Gasteiger partial charge in [0.05, 0.1) is 16.2 Å². The van der Waals surface area contributed by atoms with Crippen molar-refractivity contribution >= 4 is 17.9 Å². The first-order valence-electron chi connectivity index (χ1n) is 20.2. The molecule has 2 atom stereocenters. The normalized spacial score (nSPS) is 21.2. The molecule has 3 aliphatic carbocycles. The van der Waals surface area contributed by atoms with E-state index in [-0.39, 0.29) is 30.7 Å². The second-order valence-corrected chi connectivity index (χ2v) is 17.6. The van der Waals surface area contributed by atoms with Gasteiger partial charge in [-0.15, -0.1) is 0 Å². The number of esters is 3. The van der Waals surface area contributed by atoms with Crippen molar-refractivity contribution < 1.29 is 28.6 Å². The van der Waals surface area contributed by atoms with Crippen molar-refractivity contribution in [3.63, 3.8) is 0 Å². The smallest absolute Gasteiger partial charge is 0.312 e. The van der Waals surface area contributed by atoms with Crippen LogP contribution < -0.4 is 0 Å². The molecule has 0 saturated heterocycles. The third kappa shape index (κ3) is 7.98. The van der Waals surface area contributed by atoms with Gasteiger partial charge in [-0.2, -0.15) is 0 Å². The molecule has 0 heterocycles. The Morgan fingerprint density at radius 3 is 1.09 bits per heavy atom. The molecule has 0 N–H and O–H groups in total. The third-order valence-corrected chi connectivity index (χ3v) is 12.9. The standard InChI is InChI=1S/C47H60O6/c1-6-43(4,40(49)52-46(30-18-19-31-46)37-24-12-8-13-25-37)35-44(5,41(50)53-47(32-20-21-33-47)38-26-14-9-15-27-38)34-42(2,3)39(48)51-45(28-16-17-29-45)36-22-10-7-11-23-36/h7-15,22-27H,6,16-21,28-35H2,1-5H3. The summed E-state index contributed by atoms with van der Waals surface area (Å²) in [6.45, 7) is 9.56. The lowest BCUT2D eigenvalue weighted by Crippen LogP contribution is -2.48. The van der Waals surface area contributed by atoms with Crippen LogP contribution in [0.4, 0.5) is 0 Å². The molecule has 0 bridgehead atoms. The lowest BCUT2D eigenvalue weighted by Gasteiger charge is -2.43. The molecule has 0 radical (unpaired) electrons. The van der Waals surface area contributed by atoms with Gasteiger partial charge in [0.25, 0.3) is 0 Å². The Labute approximate surface area is 317 Å². The van der Waals surface area contributed by atoms with Gasteiger partial charge in [-0.3, -0.25) is 14.4 Å². The molecule has 284 valence electrons. The summed E-state index contributed by atoms with van der Waals surface area (Å²) in [6.07, 6.45) is 11.2. The first-order chi connectivity index (χ1) is 25.3. The summed E-state index contributed by atoms with van der Waals surface area (Å²) < 4.78 is 20.0. The highest BCUT2D eigenvalue weighted by Crippen LogP contribution is 2.52. The van der Waals surface area contributed by atoms with E-state index < -0.39 is 33.0 Å². The van der Waals surface area contributed by atoms with Crippen LogP contribution in [0, 0.1) is 16.2 Å².